The Morgan fingerprint density at radius 1 is 1.17 bits per heavy atom. The zero-order valence-electron chi connectivity index (χ0n) is 20.0. The number of nitrogens with zero attached hydrogens (tertiary/aromatic N) is 5. The molecule has 184 valence electrons. The Morgan fingerprint density at radius 3 is 2.83 bits per heavy atom. The van der Waals surface area contributed by atoms with Gasteiger partial charge in [-0.05, 0) is 50.3 Å². The molecule has 1 aliphatic carbocycles. The number of fused-ring (bicyclic) bond motifs is 1. The molecule has 36 heavy (non-hydrogen) atoms. The maximum absolute atomic E-state index is 13.1. The number of aromatic nitrogens is 4. The van der Waals surface area contributed by atoms with Crippen molar-refractivity contribution in [1.29, 1.82) is 0 Å². The Hall–Kier alpha value is -3.63. The van der Waals surface area contributed by atoms with E-state index in [-0.39, 0.29) is 11.8 Å². The standard InChI is InChI=1S/C26H27N7O2S/c1-17-21(11-19(13-29-17)23(34)28-8-10-32-9-6-26(16-32)4-5-26)31-24(35)20-14-30-33-15-22(36-25(20)33)18-3-2-7-27-12-18/h2-3,7,11-15H,4-6,8-10,16H2,1H3,(H,28,34)(H,31,35). The third-order valence-electron chi connectivity index (χ3n) is 7.17. The number of carbonyl (C=O) groups excluding carboxylic acids is 2. The van der Waals surface area contributed by atoms with E-state index in [0.29, 0.717) is 34.5 Å². The van der Waals surface area contributed by atoms with Crippen LogP contribution >= 0.6 is 11.3 Å². The lowest BCUT2D eigenvalue weighted by atomic mass is 10.1. The van der Waals surface area contributed by atoms with Crippen molar-refractivity contribution in [2.24, 2.45) is 5.41 Å². The van der Waals surface area contributed by atoms with Gasteiger partial charge in [0.15, 0.2) is 0 Å². The van der Waals surface area contributed by atoms with Gasteiger partial charge in [0.25, 0.3) is 11.8 Å². The quantitative estimate of drug-likeness (QED) is 0.401. The highest BCUT2D eigenvalue weighted by Gasteiger charge is 2.47. The number of aryl methyl sites for hydroxylation is 1. The third kappa shape index (κ3) is 4.49. The van der Waals surface area contributed by atoms with Gasteiger partial charge in [0, 0.05) is 50.0 Å². The first-order valence-electron chi connectivity index (χ1n) is 12.2. The second-order valence-electron chi connectivity index (χ2n) is 9.74. The van der Waals surface area contributed by atoms with Gasteiger partial charge in [0.2, 0.25) is 0 Å². The molecule has 9 nitrogen and oxygen atoms in total. The van der Waals surface area contributed by atoms with Gasteiger partial charge in [-0.25, -0.2) is 4.52 Å². The van der Waals surface area contributed by atoms with E-state index in [2.05, 4.69) is 30.6 Å². The molecule has 0 atom stereocenters. The van der Waals surface area contributed by atoms with E-state index in [1.54, 1.807) is 42.3 Å². The molecule has 2 amide bonds. The summed E-state index contributed by atoms with van der Waals surface area (Å²) in [6.45, 7) is 5.53. The normalized spacial score (nSPS) is 16.5. The van der Waals surface area contributed by atoms with Crippen molar-refractivity contribution in [2.75, 3.05) is 31.5 Å². The first kappa shape index (κ1) is 22.8. The number of anilines is 1. The van der Waals surface area contributed by atoms with Crippen LogP contribution in [-0.2, 0) is 0 Å². The fraction of sp³-hybridized carbons (Fsp3) is 0.346. The minimum atomic E-state index is -0.296. The van der Waals surface area contributed by atoms with E-state index in [1.165, 1.54) is 30.6 Å². The third-order valence-corrected chi connectivity index (χ3v) is 8.33. The van der Waals surface area contributed by atoms with E-state index in [0.717, 1.165) is 34.9 Å². The molecule has 0 unspecified atom stereocenters. The summed E-state index contributed by atoms with van der Waals surface area (Å²) < 4.78 is 1.70. The Labute approximate surface area is 212 Å². The van der Waals surface area contributed by atoms with Crippen molar-refractivity contribution in [3.63, 3.8) is 0 Å². The molecule has 2 N–H and O–H groups in total. The lowest BCUT2D eigenvalue weighted by molar-refractivity contribution is 0.0947. The fourth-order valence-corrected chi connectivity index (χ4v) is 5.84. The van der Waals surface area contributed by atoms with E-state index < -0.39 is 0 Å². The van der Waals surface area contributed by atoms with E-state index in [1.807, 2.05) is 18.3 Å². The maximum Gasteiger partial charge on any atom is 0.260 e. The monoisotopic (exact) mass is 501 g/mol. The number of nitrogens with one attached hydrogen (secondary N) is 2. The van der Waals surface area contributed by atoms with Crippen LogP contribution in [0.1, 0.15) is 45.7 Å². The molecule has 4 aromatic rings. The second kappa shape index (κ2) is 9.11. The first-order valence-corrected chi connectivity index (χ1v) is 13.0. The van der Waals surface area contributed by atoms with Crippen LogP contribution in [-0.4, -0.2) is 62.5 Å². The summed E-state index contributed by atoms with van der Waals surface area (Å²) in [4.78, 5) is 38.5. The molecule has 1 spiro atoms. The number of hydrogen-bond acceptors (Lipinski definition) is 7. The van der Waals surface area contributed by atoms with Crippen LogP contribution in [0.4, 0.5) is 5.69 Å². The highest BCUT2D eigenvalue weighted by molar-refractivity contribution is 7.21. The van der Waals surface area contributed by atoms with Crippen LogP contribution in [0.2, 0.25) is 0 Å². The number of likely N-dealkylation sites (tertiary alicyclic amines) is 1. The van der Waals surface area contributed by atoms with Gasteiger partial charge in [-0.1, -0.05) is 6.07 Å². The van der Waals surface area contributed by atoms with Gasteiger partial charge in [-0.15, -0.1) is 11.3 Å². The summed E-state index contributed by atoms with van der Waals surface area (Å²) in [5.74, 6) is -0.485. The summed E-state index contributed by atoms with van der Waals surface area (Å²) >= 11 is 1.47. The summed E-state index contributed by atoms with van der Waals surface area (Å²) in [5, 5.41) is 10.2. The molecule has 1 saturated carbocycles. The molecule has 5 heterocycles. The number of thiazole rings is 1. The molecule has 6 rings (SSSR count). The second-order valence-corrected chi connectivity index (χ2v) is 10.8. The summed E-state index contributed by atoms with van der Waals surface area (Å²) in [7, 11) is 0. The van der Waals surface area contributed by atoms with Crippen LogP contribution in [0.3, 0.4) is 0 Å². The Kier molecular flexibility index (Phi) is 5.77. The van der Waals surface area contributed by atoms with Gasteiger partial charge in [-0.3, -0.25) is 19.6 Å². The Morgan fingerprint density at radius 2 is 2.06 bits per heavy atom. The van der Waals surface area contributed by atoms with E-state index in [9.17, 15) is 9.59 Å². The van der Waals surface area contributed by atoms with Crippen LogP contribution in [0.15, 0.2) is 49.2 Å². The van der Waals surface area contributed by atoms with E-state index in [4.69, 9.17) is 0 Å². The molecule has 0 bridgehead atoms. The Bertz CT molecular complexity index is 1440. The van der Waals surface area contributed by atoms with Gasteiger partial charge in [0.05, 0.1) is 33.6 Å². The summed E-state index contributed by atoms with van der Waals surface area (Å²) in [6.07, 6.45) is 12.5. The number of hydrogen-bond donors (Lipinski definition) is 2. The van der Waals surface area contributed by atoms with Gasteiger partial charge < -0.3 is 15.5 Å². The zero-order chi connectivity index (χ0) is 24.7. The van der Waals surface area contributed by atoms with Crippen molar-refractivity contribution in [2.45, 2.75) is 26.2 Å². The topological polar surface area (TPSA) is 105 Å². The fourth-order valence-electron chi connectivity index (χ4n) is 4.79. The SMILES string of the molecule is Cc1ncc(C(=O)NCCN2CCC3(CC3)C2)cc1NC(=O)c1cnn2cc(-c3cccnc3)sc12. The lowest BCUT2D eigenvalue weighted by Gasteiger charge is -2.16. The van der Waals surface area contributed by atoms with Crippen LogP contribution < -0.4 is 10.6 Å². The number of pyridine rings is 2. The highest BCUT2D eigenvalue weighted by Crippen LogP contribution is 2.52. The van der Waals surface area contributed by atoms with E-state index >= 15 is 0 Å². The smallest absolute Gasteiger partial charge is 0.260 e. The minimum absolute atomic E-state index is 0.189. The summed E-state index contributed by atoms with van der Waals surface area (Å²) in [5.41, 5.74) is 3.58. The van der Waals surface area contributed by atoms with Crippen molar-refractivity contribution in [1.82, 2.24) is 29.8 Å². The highest BCUT2D eigenvalue weighted by atomic mass is 32.1. The predicted molar refractivity (Wildman–Crippen MR) is 138 cm³/mol. The molecule has 0 radical (unpaired) electrons. The number of amides is 2. The molecule has 0 aromatic carbocycles. The van der Waals surface area contributed by atoms with Gasteiger partial charge in [0.1, 0.15) is 4.83 Å². The molecule has 1 aliphatic heterocycles. The molecule has 1 saturated heterocycles. The Balaban J connectivity index is 1.12. The lowest BCUT2D eigenvalue weighted by Crippen LogP contribution is -2.34. The van der Waals surface area contributed by atoms with Gasteiger partial charge in [-0.2, -0.15) is 5.10 Å². The van der Waals surface area contributed by atoms with Crippen molar-refractivity contribution >= 4 is 33.7 Å². The predicted octanol–water partition coefficient (Wildman–Crippen LogP) is 3.63. The zero-order valence-corrected chi connectivity index (χ0v) is 20.8. The maximum atomic E-state index is 13.1. The molecular formula is C26H27N7O2S. The molecular weight excluding hydrogens is 474 g/mol. The largest absolute Gasteiger partial charge is 0.351 e. The van der Waals surface area contributed by atoms with Crippen LogP contribution in [0.5, 0.6) is 0 Å². The van der Waals surface area contributed by atoms with Gasteiger partial charge >= 0.3 is 0 Å². The average Bonchev–Trinajstić information content (AvgIpc) is 3.18. The van der Waals surface area contributed by atoms with Crippen LogP contribution in [0, 0.1) is 12.3 Å². The number of rotatable bonds is 7. The molecule has 2 fully saturated rings. The molecule has 2 aliphatic rings. The first-order chi connectivity index (χ1) is 17.5. The van der Waals surface area contributed by atoms with Crippen molar-refractivity contribution < 1.29 is 9.59 Å². The minimum Gasteiger partial charge on any atom is -0.351 e. The molecule has 10 heteroatoms. The van der Waals surface area contributed by atoms with Crippen molar-refractivity contribution in [3.8, 4) is 10.4 Å². The average molecular weight is 502 g/mol. The summed E-state index contributed by atoms with van der Waals surface area (Å²) in [6, 6.07) is 5.53. The number of carbonyl (C=O) groups is 2. The van der Waals surface area contributed by atoms with Crippen LogP contribution in [0.25, 0.3) is 15.3 Å². The van der Waals surface area contributed by atoms with Crippen molar-refractivity contribution in [3.05, 3.63) is 66.0 Å². The molecule has 4 aromatic heterocycles.